The molecule has 0 amide bonds. The van der Waals surface area contributed by atoms with E-state index in [0.29, 0.717) is 5.92 Å². The van der Waals surface area contributed by atoms with E-state index in [9.17, 15) is 4.79 Å². The predicted octanol–water partition coefficient (Wildman–Crippen LogP) is 2.52. The van der Waals surface area contributed by atoms with Crippen molar-refractivity contribution in [1.82, 2.24) is 0 Å². The van der Waals surface area contributed by atoms with Gasteiger partial charge in [0.2, 0.25) is 0 Å². The third kappa shape index (κ3) is 4.32. The van der Waals surface area contributed by atoms with Gasteiger partial charge in [-0.1, -0.05) is 18.8 Å². The van der Waals surface area contributed by atoms with Gasteiger partial charge in [0.25, 0.3) is 0 Å². The molecule has 0 aromatic rings. The first-order valence-corrected chi connectivity index (χ1v) is 5.22. The molecule has 78 valence electrons. The van der Waals surface area contributed by atoms with Crippen LogP contribution in [-0.2, 0) is 9.53 Å². The van der Waals surface area contributed by atoms with Gasteiger partial charge in [-0.05, 0) is 33.6 Å². The first-order valence-electron chi connectivity index (χ1n) is 5.22. The third-order valence-corrected chi connectivity index (χ3v) is 2.13. The van der Waals surface area contributed by atoms with Crippen molar-refractivity contribution in [2.24, 2.45) is 5.92 Å². The molecule has 1 aliphatic carbocycles. The van der Waals surface area contributed by atoms with Crippen LogP contribution in [0.4, 0.5) is 0 Å². The Balaban J connectivity index is 2.39. The lowest BCUT2D eigenvalue weighted by atomic mass is 10.1. The number of hydrogen-bond donors (Lipinski definition) is 0. The molecule has 14 heavy (non-hydrogen) atoms. The zero-order valence-corrected chi connectivity index (χ0v) is 9.22. The maximum atomic E-state index is 11.2. The fourth-order valence-electron chi connectivity index (χ4n) is 1.53. The largest absolute Gasteiger partial charge is 0.450 e. The fourth-order valence-corrected chi connectivity index (χ4v) is 1.53. The molecule has 2 heteroatoms. The van der Waals surface area contributed by atoms with Crippen LogP contribution < -0.4 is 0 Å². The van der Waals surface area contributed by atoms with Crippen LogP contribution in [-0.4, -0.2) is 11.6 Å². The Labute approximate surface area is 86.0 Å². The Morgan fingerprint density at radius 3 is 2.36 bits per heavy atom. The quantitative estimate of drug-likeness (QED) is 0.336. The Bertz CT molecular complexity index is 256. The predicted molar refractivity (Wildman–Crippen MR) is 55.6 cm³/mol. The van der Waals surface area contributed by atoms with Crippen molar-refractivity contribution in [1.29, 1.82) is 0 Å². The Morgan fingerprint density at radius 1 is 1.29 bits per heavy atom. The van der Waals surface area contributed by atoms with E-state index in [1.165, 1.54) is 12.8 Å². The van der Waals surface area contributed by atoms with E-state index in [1.54, 1.807) is 0 Å². The highest BCUT2D eigenvalue weighted by molar-refractivity contribution is 5.88. The van der Waals surface area contributed by atoms with Crippen molar-refractivity contribution in [2.75, 3.05) is 0 Å². The summed E-state index contributed by atoms with van der Waals surface area (Å²) >= 11 is 0. The summed E-state index contributed by atoms with van der Waals surface area (Å²) in [5.74, 6) is 5.57. The summed E-state index contributed by atoms with van der Waals surface area (Å²) in [6.07, 6.45) is 4.76. The second-order valence-electron chi connectivity index (χ2n) is 4.75. The van der Waals surface area contributed by atoms with Gasteiger partial charge in [-0.3, -0.25) is 0 Å². The zero-order chi connectivity index (χ0) is 10.6. The molecule has 1 rings (SSSR count). The molecule has 1 saturated carbocycles. The summed E-state index contributed by atoms with van der Waals surface area (Å²) < 4.78 is 5.08. The van der Waals surface area contributed by atoms with Gasteiger partial charge in [0.15, 0.2) is 0 Å². The molecule has 0 atom stereocenters. The normalized spacial score (nSPS) is 17.4. The number of carbonyl (C=O) groups is 1. The lowest BCUT2D eigenvalue weighted by Gasteiger charge is -2.16. The highest BCUT2D eigenvalue weighted by Crippen LogP contribution is 2.23. The standard InChI is InChI=1S/C12H18O2/c1-12(2,3)14-11(13)9-8-10-6-4-5-7-10/h10H,4-7H2,1-3H3. The van der Waals surface area contributed by atoms with Crippen LogP contribution in [0, 0.1) is 17.8 Å². The molecule has 2 nitrogen and oxygen atoms in total. The topological polar surface area (TPSA) is 26.3 Å². The molecule has 0 aromatic carbocycles. The second kappa shape index (κ2) is 4.50. The first-order chi connectivity index (χ1) is 6.47. The molecular formula is C12H18O2. The van der Waals surface area contributed by atoms with Gasteiger partial charge in [0.05, 0.1) is 0 Å². The maximum Gasteiger partial charge on any atom is 0.384 e. The minimum absolute atomic E-state index is 0.399. The van der Waals surface area contributed by atoms with Crippen molar-refractivity contribution >= 4 is 5.97 Å². The minimum Gasteiger partial charge on any atom is -0.450 e. The molecule has 0 N–H and O–H groups in total. The SMILES string of the molecule is CC(C)(C)OC(=O)C#CC1CCCC1. The van der Waals surface area contributed by atoms with Crippen LogP contribution in [0.2, 0.25) is 0 Å². The van der Waals surface area contributed by atoms with E-state index >= 15 is 0 Å². The van der Waals surface area contributed by atoms with Gasteiger partial charge in [-0.25, -0.2) is 4.79 Å². The molecule has 1 fully saturated rings. The summed E-state index contributed by atoms with van der Waals surface area (Å²) in [6.45, 7) is 5.55. The van der Waals surface area contributed by atoms with Gasteiger partial charge in [0.1, 0.15) is 5.60 Å². The van der Waals surface area contributed by atoms with E-state index < -0.39 is 11.6 Å². The van der Waals surface area contributed by atoms with Crippen LogP contribution in [0.25, 0.3) is 0 Å². The molecule has 0 radical (unpaired) electrons. The molecule has 0 heterocycles. The molecule has 0 unspecified atom stereocenters. The van der Waals surface area contributed by atoms with Crippen molar-refractivity contribution in [3.8, 4) is 11.8 Å². The summed E-state index contributed by atoms with van der Waals surface area (Å²) in [4.78, 5) is 11.2. The van der Waals surface area contributed by atoms with E-state index in [2.05, 4.69) is 11.8 Å². The fraction of sp³-hybridized carbons (Fsp3) is 0.750. The van der Waals surface area contributed by atoms with Crippen molar-refractivity contribution in [3.63, 3.8) is 0 Å². The number of ether oxygens (including phenoxy) is 1. The summed E-state index contributed by atoms with van der Waals surface area (Å²) in [7, 11) is 0. The smallest absolute Gasteiger partial charge is 0.384 e. The molecular weight excluding hydrogens is 176 g/mol. The van der Waals surface area contributed by atoms with Crippen LogP contribution in [0.15, 0.2) is 0 Å². The second-order valence-corrected chi connectivity index (χ2v) is 4.75. The monoisotopic (exact) mass is 194 g/mol. The van der Waals surface area contributed by atoms with Gasteiger partial charge in [-0.2, -0.15) is 0 Å². The summed E-state index contributed by atoms with van der Waals surface area (Å²) in [6, 6.07) is 0. The van der Waals surface area contributed by atoms with Crippen molar-refractivity contribution in [2.45, 2.75) is 52.1 Å². The van der Waals surface area contributed by atoms with E-state index in [-0.39, 0.29) is 0 Å². The molecule has 0 saturated heterocycles. The first kappa shape index (κ1) is 11.1. The van der Waals surface area contributed by atoms with Gasteiger partial charge >= 0.3 is 5.97 Å². The Kier molecular flexibility index (Phi) is 3.57. The lowest BCUT2D eigenvalue weighted by molar-refractivity contribution is -0.147. The van der Waals surface area contributed by atoms with Crippen molar-refractivity contribution in [3.05, 3.63) is 0 Å². The Hall–Kier alpha value is -0.970. The molecule has 0 spiro atoms. The highest BCUT2D eigenvalue weighted by atomic mass is 16.6. The lowest BCUT2D eigenvalue weighted by Crippen LogP contribution is -2.22. The van der Waals surface area contributed by atoms with Crippen LogP contribution in [0.5, 0.6) is 0 Å². The van der Waals surface area contributed by atoms with Gasteiger partial charge in [0, 0.05) is 11.8 Å². The Morgan fingerprint density at radius 2 is 1.86 bits per heavy atom. The molecule has 0 bridgehead atoms. The summed E-state index contributed by atoms with van der Waals surface area (Å²) in [5.41, 5.74) is -0.429. The minimum atomic E-state index is -0.429. The molecule has 0 aromatic heterocycles. The van der Waals surface area contributed by atoms with Crippen LogP contribution >= 0.6 is 0 Å². The summed E-state index contributed by atoms with van der Waals surface area (Å²) in [5, 5.41) is 0. The number of hydrogen-bond acceptors (Lipinski definition) is 2. The van der Waals surface area contributed by atoms with Crippen LogP contribution in [0.3, 0.4) is 0 Å². The number of esters is 1. The van der Waals surface area contributed by atoms with E-state index in [1.807, 2.05) is 20.8 Å². The highest BCUT2D eigenvalue weighted by Gasteiger charge is 2.15. The average molecular weight is 194 g/mol. The van der Waals surface area contributed by atoms with E-state index in [4.69, 9.17) is 4.74 Å². The third-order valence-electron chi connectivity index (χ3n) is 2.13. The maximum absolute atomic E-state index is 11.2. The van der Waals surface area contributed by atoms with Gasteiger partial charge in [-0.15, -0.1) is 0 Å². The molecule has 1 aliphatic rings. The van der Waals surface area contributed by atoms with Gasteiger partial charge < -0.3 is 4.74 Å². The van der Waals surface area contributed by atoms with Crippen LogP contribution in [0.1, 0.15) is 46.5 Å². The van der Waals surface area contributed by atoms with E-state index in [0.717, 1.165) is 12.8 Å². The van der Waals surface area contributed by atoms with Crippen molar-refractivity contribution < 1.29 is 9.53 Å². The number of carbonyl (C=O) groups excluding carboxylic acids is 1. The zero-order valence-electron chi connectivity index (χ0n) is 9.22. The average Bonchev–Trinajstić information content (AvgIpc) is 2.49. The number of rotatable bonds is 0. The molecule has 0 aliphatic heterocycles.